The Morgan fingerprint density at radius 1 is 1.05 bits per heavy atom. The summed E-state index contributed by atoms with van der Waals surface area (Å²) in [5.74, 6) is -4.10. The SMILES string of the molecule is Cc1ccc2nc(N)n(-c3cc(F)c(F)c(F)c3)c2n1. The lowest BCUT2D eigenvalue weighted by Crippen LogP contribution is -2.04. The average Bonchev–Trinajstić information content (AvgIpc) is 2.70. The van der Waals surface area contributed by atoms with Crippen LogP contribution in [0.25, 0.3) is 16.9 Å². The van der Waals surface area contributed by atoms with Crippen LogP contribution < -0.4 is 5.73 Å². The molecule has 4 nitrogen and oxygen atoms in total. The fourth-order valence-electron chi connectivity index (χ4n) is 2.00. The maximum absolute atomic E-state index is 13.3. The van der Waals surface area contributed by atoms with Gasteiger partial charge in [0, 0.05) is 17.8 Å². The summed E-state index contributed by atoms with van der Waals surface area (Å²) in [6, 6.07) is 5.13. The summed E-state index contributed by atoms with van der Waals surface area (Å²) < 4.78 is 40.9. The van der Waals surface area contributed by atoms with Gasteiger partial charge in [0.05, 0.1) is 5.69 Å². The quantitative estimate of drug-likeness (QED) is 0.696. The van der Waals surface area contributed by atoms with Crippen molar-refractivity contribution in [3.8, 4) is 5.69 Å². The molecule has 0 spiro atoms. The second-order valence-electron chi connectivity index (χ2n) is 4.32. The van der Waals surface area contributed by atoms with Gasteiger partial charge in [-0.2, -0.15) is 0 Å². The number of nitrogens with zero attached hydrogens (tertiary/aromatic N) is 3. The fourth-order valence-corrected chi connectivity index (χ4v) is 2.00. The number of anilines is 1. The standard InChI is InChI=1S/C13H9F3N4/c1-6-2-3-10-12(18-6)20(13(17)19-10)7-4-8(14)11(16)9(15)5-7/h2-5H,1H3,(H2,17,19). The van der Waals surface area contributed by atoms with Gasteiger partial charge in [0.2, 0.25) is 5.95 Å². The molecular formula is C13H9F3N4. The van der Waals surface area contributed by atoms with Gasteiger partial charge in [-0.05, 0) is 19.1 Å². The first kappa shape index (κ1) is 12.5. The topological polar surface area (TPSA) is 56.7 Å². The Morgan fingerprint density at radius 2 is 1.70 bits per heavy atom. The molecular weight excluding hydrogens is 269 g/mol. The van der Waals surface area contributed by atoms with E-state index in [4.69, 9.17) is 5.73 Å². The fraction of sp³-hybridized carbons (Fsp3) is 0.0769. The largest absolute Gasteiger partial charge is 0.369 e. The molecule has 0 saturated carbocycles. The number of imidazole rings is 1. The summed E-state index contributed by atoms with van der Waals surface area (Å²) in [7, 11) is 0. The number of hydrogen-bond acceptors (Lipinski definition) is 3. The highest BCUT2D eigenvalue weighted by Crippen LogP contribution is 2.24. The summed E-state index contributed by atoms with van der Waals surface area (Å²) in [5.41, 5.74) is 7.31. The van der Waals surface area contributed by atoms with Crippen LogP contribution in [0, 0.1) is 24.4 Å². The summed E-state index contributed by atoms with van der Waals surface area (Å²) in [6.07, 6.45) is 0. The zero-order chi connectivity index (χ0) is 14.4. The van der Waals surface area contributed by atoms with Crippen LogP contribution in [0.15, 0.2) is 24.3 Å². The number of aromatic nitrogens is 3. The molecule has 0 aliphatic carbocycles. The van der Waals surface area contributed by atoms with E-state index in [-0.39, 0.29) is 11.6 Å². The summed E-state index contributed by atoms with van der Waals surface area (Å²) in [5, 5.41) is 0. The van der Waals surface area contributed by atoms with Crippen LogP contribution in [-0.2, 0) is 0 Å². The molecule has 7 heteroatoms. The molecule has 3 rings (SSSR count). The predicted octanol–water partition coefficient (Wildman–Crippen LogP) is 2.73. The van der Waals surface area contributed by atoms with Crippen molar-refractivity contribution in [3.05, 3.63) is 47.4 Å². The van der Waals surface area contributed by atoms with Crippen LogP contribution in [0.5, 0.6) is 0 Å². The van der Waals surface area contributed by atoms with E-state index in [1.54, 1.807) is 19.1 Å². The minimum Gasteiger partial charge on any atom is -0.369 e. The number of pyridine rings is 1. The lowest BCUT2D eigenvalue weighted by Gasteiger charge is -2.07. The average molecular weight is 278 g/mol. The van der Waals surface area contributed by atoms with Crippen molar-refractivity contribution in [2.45, 2.75) is 6.92 Å². The molecule has 3 aromatic rings. The molecule has 2 aromatic heterocycles. The van der Waals surface area contributed by atoms with Gasteiger partial charge in [-0.1, -0.05) is 0 Å². The molecule has 0 aliphatic rings. The van der Waals surface area contributed by atoms with Gasteiger partial charge < -0.3 is 5.73 Å². The third kappa shape index (κ3) is 1.78. The highest BCUT2D eigenvalue weighted by atomic mass is 19.2. The molecule has 0 aliphatic heterocycles. The molecule has 2 N–H and O–H groups in total. The van der Waals surface area contributed by atoms with E-state index < -0.39 is 17.5 Å². The number of fused-ring (bicyclic) bond motifs is 1. The highest BCUT2D eigenvalue weighted by Gasteiger charge is 2.16. The predicted molar refractivity (Wildman–Crippen MR) is 67.9 cm³/mol. The van der Waals surface area contributed by atoms with Crippen molar-refractivity contribution in [1.82, 2.24) is 14.5 Å². The first-order valence-electron chi connectivity index (χ1n) is 5.74. The van der Waals surface area contributed by atoms with Crippen LogP contribution >= 0.6 is 0 Å². The van der Waals surface area contributed by atoms with Crippen molar-refractivity contribution in [2.75, 3.05) is 5.73 Å². The maximum atomic E-state index is 13.3. The number of aryl methyl sites for hydroxylation is 1. The maximum Gasteiger partial charge on any atom is 0.207 e. The van der Waals surface area contributed by atoms with Gasteiger partial charge in [0.1, 0.15) is 5.52 Å². The van der Waals surface area contributed by atoms with Crippen molar-refractivity contribution >= 4 is 17.1 Å². The van der Waals surface area contributed by atoms with E-state index in [0.29, 0.717) is 16.9 Å². The number of hydrogen-bond donors (Lipinski definition) is 1. The third-order valence-electron chi connectivity index (χ3n) is 2.90. The van der Waals surface area contributed by atoms with Gasteiger partial charge in [-0.25, -0.2) is 23.1 Å². The minimum atomic E-state index is -1.53. The number of halogens is 3. The smallest absolute Gasteiger partial charge is 0.207 e. The Balaban J connectivity index is 2.34. The van der Waals surface area contributed by atoms with Gasteiger partial charge in [-0.15, -0.1) is 0 Å². The van der Waals surface area contributed by atoms with Crippen LogP contribution in [0.4, 0.5) is 19.1 Å². The summed E-state index contributed by atoms with van der Waals surface area (Å²) in [4.78, 5) is 8.29. The van der Waals surface area contributed by atoms with Gasteiger partial charge in [-0.3, -0.25) is 4.57 Å². The van der Waals surface area contributed by atoms with Crippen molar-refractivity contribution in [1.29, 1.82) is 0 Å². The molecule has 0 unspecified atom stereocenters. The molecule has 20 heavy (non-hydrogen) atoms. The lowest BCUT2D eigenvalue weighted by molar-refractivity contribution is 0.446. The van der Waals surface area contributed by atoms with Crippen LogP contribution in [0.2, 0.25) is 0 Å². The number of benzene rings is 1. The van der Waals surface area contributed by atoms with E-state index in [0.717, 1.165) is 12.1 Å². The first-order chi connectivity index (χ1) is 9.47. The van der Waals surface area contributed by atoms with Gasteiger partial charge in [0.15, 0.2) is 23.1 Å². The van der Waals surface area contributed by atoms with E-state index in [9.17, 15) is 13.2 Å². The van der Waals surface area contributed by atoms with Crippen LogP contribution in [0.1, 0.15) is 5.69 Å². The molecule has 0 amide bonds. The normalized spacial score (nSPS) is 11.2. The number of nitrogens with two attached hydrogens (primary N) is 1. The van der Waals surface area contributed by atoms with E-state index in [2.05, 4.69) is 9.97 Å². The first-order valence-corrected chi connectivity index (χ1v) is 5.74. The Labute approximate surface area is 111 Å². The van der Waals surface area contributed by atoms with Crippen LogP contribution in [0.3, 0.4) is 0 Å². The van der Waals surface area contributed by atoms with Crippen molar-refractivity contribution in [3.63, 3.8) is 0 Å². The highest BCUT2D eigenvalue weighted by molar-refractivity contribution is 5.77. The van der Waals surface area contributed by atoms with Gasteiger partial charge >= 0.3 is 0 Å². The second-order valence-corrected chi connectivity index (χ2v) is 4.32. The monoisotopic (exact) mass is 278 g/mol. The van der Waals surface area contributed by atoms with E-state index in [1.807, 2.05) is 0 Å². The summed E-state index contributed by atoms with van der Waals surface area (Å²) in [6.45, 7) is 1.76. The Hall–Kier alpha value is -2.57. The molecule has 2 heterocycles. The van der Waals surface area contributed by atoms with Crippen molar-refractivity contribution in [2.24, 2.45) is 0 Å². The Kier molecular flexibility index (Phi) is 2.63. The summed E-state index contributed by atoms with van der Waals surface area (Å²) >= 11 is 0. The molecule has 0 fully saturated rings. The zero-order valence-electron chi connectivity index (χ0n) is 10.4. The van der Waals surface area contributed by atoms with Gasteiger partial charge in [0.25, 0.3) is 0 Å². The number of rotatable bonds is 1. The molecule has 102 valence electrons. The molecule has 1 aromatic carbocycles. The molecule has 0 bridgehead atoms. The molecule has 0 saturated heterocycles. The van der Waals surface area contributed by atoms with Crippen LogP contribution in [-0.4, -0.2) is 14.5 Å². The Morgan fingerprint density at radius 3 is 2.35 bits per heavy atom. The van der Waals surface area contributed by atoms with E-state index in [1.165, 1.54) is 4.57 Å². The van der Waals surface area contributed by atoms with E-state index >= 15 is 0 Å². The zero-order valence-corrected chi connectivity index (χ0v) is 10.4. The lowest BCUT2D eigenvalue weighted by atomic mass is 10.2. The minimum absolute atomic E-state index is 0.0171. The second kappa shape index (κ2) is 4.22. The number of nitrogen functional groups attached to an aromatic ring is 1. The third-order valence-corrected chi connectivity index (χ3v) is 2.90. The van der Waals surface area contributed by atoms with Crippen molar-refractivity contribution < 1.29 is 13.2 Å². The molecule has 0 atom stereocenters. The molecule has 0 radical (unpaired) electrons. The Bertz CT molecular complexity index is 803.